The molecule has 0 aliphatic carbocycles. The van der Waals surface area contributed by atoms with Crippen LogP contribution in [0, 0.1) is 24.1 Å². The maximum atomic E-state index is 14.5. The lowest BCUT2D eigenvalue weighted by Gasteiger charge is -2.34. The maximum Gasteiger partial charge on any atom is 0.133 e. The first-order valence-corrected chi connectivity index (χ1v) is 12.8. The molecule has 0 radical (unpaired) electrons. The molecule has 0 unspecified atom stereocenters. The molecule has 1 fully saturated rings. The molecule has 1 aliphatic rings. The SMILES string of the molecule is COCCNc1ncc(C#N)cc1-c1ccc2ncc(-c3cc(C)cc(F)c3)c(N3CCC(N)CC3)c2c1. The van der Waals surface area contributed by atoms with Gasteiger partial charge in [-0.2, -0.15) is 5.26 Å². The van der Waals surface area contributed by atoms with Gasteiger partial charge in [-0.15, -0.1) is 0 Å². The fourth-order valence-corrected chi connectivity index (χ4v) is 5.07. The number of anilines is 2. The highest BCUT2D eigenvalue weighted by molar-refractivity contribution is 6.02. The molecule has 3 N–H and O–H groups in total. The van der Waals surface area contributed by atoms with E-state index in [-0.39, 0.29) is 11.9 Å². The van der Waals surface area contributed by atoms with Crippen molar-refractivity contribution in [2.24, 2.45) is 5.73 Å². The van der Waals surface area contributed by atoms with Crippen LogP contribution in [0.25, 0.3) is 33.2 Å². The quantitative estimate of drug-likeness (QED) is 0.327. The third kappa shape index (κ3) is 5.30. The van der Waals surface area contributed by atoms with Gasteiger partial charge in [0.05, 0.1) is 23.4 Å². The first-order chi connectivity index (χ1) is 18.5. The number of rotatable bonds is 7. The van der Waals surface area contributed by atoms with Crippen LogP contribution in [0.4, 0.5) is 15.9 Å². The van der Waals surface area contributed by atoms with E-state index < -0.39 is 0 Å². The van der Waals surface area contributed by atoms with Gasteiger partial charge >= 0.3 is 0 Å². The summed E-state index contributed by atoms with van der Waals surface area (Å²) in [5.41, 5.74) is 12.8. The second-order valence-corrected chi connectivity index (χ2v) is 9.75. The largest absolute Gasteiger partial charge is 0.383 e. The number of benzene rings is 2. The summed E-state index contributed by atoms with van der Waals surface area (Å²) in [5, 5.41) is 13.8. The van der Waals surface area contributed by atoms with Gasteiger partial charge in [-0.3, -0.25) is 4.98 Å². The van der Waals surface area contributed by atoms with Crippen molar-refractivity contribution in [3.63, 3.8) is 0 Å². The highest BCUT2D eigenvalue weighted by Gasteiger charge is 2.23. The van der Waals surface area contributed by atoms with Crippen LogP contribution in [0.15, 0.2) is 54.9 Å². The van der Waals surface area contributed by atoms with Crippen molar-refractivity contribution in [1.82, 2.24) is 9.97 Å². The van der Waals surface area contributed by atoms with Gasteiger partial charge in [0, 0.05) is 61.7 Å². The number of nitrogens with two attached hydrogens (primary N) is 1. The third-order valence-corrected chi connectivity index (χ3v) is 6.97. The second-order valence-electron chi connectivity index (χ2n) is 9.75. The molecule has 1 saturated heterocycles. The van der Waals surface area contributed by atoms with E-state index in [4.69, 9.17) is 15.5 Å². The van der Waals surface area contributed by atoms with E-state index in [1.807, 2.05) is 37.4 Å². The van der Waals surface area contributed by atoms with Crippen LogP contribution in [-0.2, 0) is 4.74 Å². The van der Waals surface area contributed by atoms with Crippen LogP contribution in [-0.4, -0.2) is 49.4 Å². The highest BCUT2D eigenvalue weighted by Crippen LogP contribution is 2.40. The van der Waals surface area contributed by atoms with Gasteiger partial charge in [0.2, 0.25) is 0 Å². The van der Waals surface area contributed by atoms with E-state index in [2.05, 4.69) is 27.3 Å². The smallest absolute Gasteiger partial charge is 0.133 e. The Morgan fingerprint density at radius 2 is 1.89 bits per heavy atom. The number of fused-ring (bicyclic) bond motifs is 1. The molecule has 0 bridgehead atoms. The summed E-state index contributed by atoms with van der Waals surface area (Å²) in [4.78, 5) is 11.6. The minimum absolute atomic E-state index is 0.176. The summed E-state index contributed by atoms with van der Waals surface area (Å²) in [6.07, 6.45) is 5.17. The van der Waals surface area contributed by atoms with Crippen LogP contribution in [0.3, 0.4) is 0 Å². The summed E-state index contributed by atoms with van der Waals surface area (Å²) in [5.74, 6) is 0.405. The first-order valence-electron chi connectivity index (χ1n) is 12.8. The average molecular weight is 511 g/mol. The molecule has 1 aliphatic heterocycles. The molecule has 0 atom stereocenters. The van der Waals surface area contributed by atoms with Crippen molar-refractivity contribution in [3.05, 3.63) is 71.8 Å². The Morgan fingerprint density at radius 1 is 1.08 bits per heavy atom. The lowest BCUT2D eigenvalue weighted by atomic mass is 9.95. The van der Waals surface area contributed by atoms with E-state index in [0.29, 0.717) is 24.5 Å². The van der Waals surface area contributed by atoms with Gasteiger partial charge in [-0.1, -0.05) is 12.1 Å². The van der Waals surface area contributed by atoms with Crippen molar-refractivity contribution in [1.29, 1.82) is 5.26 Å². The number of ether oxygens (including phenoxy) is 1. The Bertz CT molecular complexity index is 1490. The zero-order chi connectivity index (χ0) is 26.6. The fraction of sp³-hybridized carbons (Fsp3) is 0.300. The van der Waals surface area contributed by atoms with Crippen LogP contribution in [0.2, 0.25) is 0 Å². The van der Waals surface area contributed by atoms with E-state index in [1.54, 1.807) is 19.4 Å². The van der Waals surface area contributed by atoms with Crippen molar-refractivity contribution in [3.8, 4) is 28.3 Å². The maximum absolute atomic E-state index is 14.5. The molecular weight excluding hydrogens is 479 g/mol. The van der Waals surface area contributed by atoms with E-state index in [0.717, 1.165) is 70.3 Å². The molecule has 7 nitrogen and oxygen atoms in total. The number of piperidine rings is 1. The lowest BCUT2D eigenvalue weighted by Crippen LogP contribution is -2.40. The molecule has 8 heteroatoms. The fourth-order valence-electron chi connectivity index (χ4n) is 5.07. The lowest BCUT2D eigenvalue weighted by molar-refractivity contribution is 0.210. The topological polar surface area (TPSA) is 100 Å². The first kappa shape index (κ1) is 25.6. The van der Waals surface area contributed by atoms with Gasteiger partial charge < -0.3 is 20.7 Å². The Morgan fingerprint density at radius 3 is 2.63 bits per heavy atom. The molecule has 194 valence electrons. The van der Waals surface area contributed by atoms with Gasteiger partial charge in [-0.05, 0) is 66.8 Å². The Balaban J connectivity index is 1.71. The number of halogens is 1. The van der Waals surface area contributed by atoms with Gasteiger partial charge in [-0.25, -0.2) is 9.37 Å². The summed E-state index contributed by atoms with van der Waals surface area (Å²) in [6.45, 7) is 4.62. The molecule has 0 saturated carbocycles. The number of aromatic nitrogens is 2. The molecule has 2 aromatic carbocycles. The van der Waals surface area contributed by atoms with Crippen molar-refractivity contribution in [2.75, 3.05) is 43.6 Å². The Kier molecular flexibility index (Phi) is 7.50. The molecular formula is C30H31FN6O. The highest BCUT2D eigenvalue weighted by atomic mass is 19.1. The normalized spacial score (nSPS) is 14.0. The molecule has 3 heterocycles. The van der Waals surface area contributed by atoms with Crippen LogP contribution in [0.5, 0.6) is 0 Å². The molecule has 5 rings (SSSR count). The Hall–Kier alpha value is -4.06. The van der Waals surface area contributed by atoms with Gasteiger partial charge in [0.15, 0.2) is 0 Å². The molecule has 38 heavy (non-hydrogen) atoms. The van der Waals surface area contributed by atoms with Crippen LogP contribution < -0.4 is 16.0 Å². The number of hydrogen-bond donors (Lipinski definition) is 2. The average Bonchev–Trinajstić information content (AvgIpc) is 2.92. The standard InChI is InChI=1S/C30H31FN6O/c1-19-11-22(14-23(31)12-19)27-18-35-28-4-3-21(15-26(28)29(27)37-8-5-24(33)6-9-37)25-13-20(16-32)17-36-30(25)34-7-10-38-2/h3-4,11-15,17-18,24H,5-10,33H2,1-2H3,(H,34,36). The minimum atomic E-state index is -0.272. The zero-order valence-electron chi connectivity index (χ0n) is 21.7. The number of nitriles is 1. The van der Waals surface area contributed by atoms with Crippen LogP contribution in [0.1, 0.15) is 24.0 Å². The number of nitrogens with zero attached hydrogens (tertiary/aromatic N) is 4. The monoisotopic (exact) mass is 510 g/mol. The Labute approximate surface area is 222 Å². The summed E-state index contributed by atoms with van der Waals surface area (Å²) < 4.78 is 19.7. The number of aryl methyl sites for hydroxylation is 1. The molecule has 0 spiro atoms. The zero-order valence-corrected chi connectivity index (χ0v) is 21.7. The molecule has 4 aromatic rings. The van der Waals surface area contributed by atoms with Gasteiger partial charge in [0.1, 0.15) is 17.7 Å². The van der Waals surface area contributed by atoms with E-state index >= 15 is 0 Å². The number of methoxy groups -OCH3 is 1. The second kappa shape index (κ2) is 11.1. The van der Waals surface area contributed by atoms with Gasteiger partial charge in [0.25, 0.3) is 0 Å². The summed E-state index contributed by atoms with van der Waals surface area (Å²) in [6, 6.07) is 15.4. The molecule has 2 aromatic heterocycles. The van der Waals surface area contributed by atoms with Crippen molar-refractivity contribution < 1.29 is 9.13 Å². The molecule has 0 amide bonds. The summed E-state index contributed by atoms with van der Waals surface area (Å²) >= 11 is 0. The van der Waals surface area contributed by atoms with E-state index in [9.17, 15) is 9.65 Å². The third-order valence-electron chi connectivity index (χ3n) is 6.97. The predicted molar refractivity (Wildman–Crippen MR) is 150 cm³/mol. The van der Waals surface area contributed by atoms with E-state index in [1.165, 1.54) is 6.07 Å². The predicted octanol–water partition coefficient (Wildman–Crippen LogP) is 5.27. The van der Waals surface area contributed by atoms with Crippen LogP contribution >= 0.6 is 0 Å². The van der Waals surface area contributed by atoms with Crippen molar-refractivity contribution >= 4 is 22.4 Å². The number of nitrogens with one attached hydrogen (secondary N) is 1. The summed E-state index contributed by atoms with van der Waals surface area (Å²) in [7, 11) is 1.65. The van der Waals surface area contributed by atoms with Crippen molar-refractivity contribution in [2.45, 2.75) is 25.8 Å². The number of hydrogen-bond acceptors (Lipinski definition) is 7. The number of pyridine rings is 2. The minimum Gasteiger partial charge on any atom is -0.383 e.